The van der Waals surface area contributed by atoms with Gasteiger partial charge >= 0.3 is 5.97 Å². The average molecular weight is 301 g/mol. The molecule has 0 amide bonds. The summed E-state index contributed by atoms with van der Waals surface area (Å²) in [7, 11) is 1.60. The molecule has 1 N–H and O–H groups in total. The SMILES string of the molecule is COC(C)CC(Cc1ccccc1Br)C(=O)O. The van der Waals surface area contributed by atoms with Gasteiger partial charge in [-0.05, 0) is 31.4 Å². The predicted molar refractivity (Wildman–Crippen MR) is 70.1 cm³/mol. The van der Waals surface area contributed by atoms with Crippen LogP contribution in [0.1, 0.15) is 18.9 Å². The molecule has 0 fully saturated rings. The van der Waals surface area contributed by atoms with Gasteiger partial charge in [0.05, 0.1) is 12.0 Å². The summed E-state index contributed by atoms with van der Waals surface area (Å²) < 4.78 is 6.08. The number of halogens is 1. The summed E-state index contributed by atoms with van der Waals surface area (Å²) in [6, 6.07) is 7.70. The van der Waals surface area contributed by atoms with Gasteiger partial charge in [-0.15, -0.1) is 0 Å². The molecule has 3 nitrogen and oxygen atoms in total. The van der Waals surface area contributed by atoms with E-state index in [1.54, 1.807) is 7.11 Å². The first-order chi connectivity index (χ1) is 8.04. The van der Waals surface area contributed by atoms with E-state index in [2.05, 4.69) is 15.9 Å². The molecule has 0 radical (unpaired) electrons. The molecule has 2 unspecified atom stereocenters. The molecule has 0 aromatic heterocycles. The molecule has 0 saturated heterocycles. The van der Waals surface area contributed by atoms with Crippen molar-refractivity contribution in [3.05, 3.63) is 34.3 Å². The van der Waals surface area contributed by atoms with Crippen molar-refractivity contribution in [2.75, 3.05) is 7.11 Å². The lowest BCUT2D eigenvalue weighted by Gasteiger charge is -2.17. The zero-order valence-corrected chi connectivity index (χ0v) is 11.6. The number of rotatable bonds is 6. The van der Waals surface area contributed by atoms with E-state index in [0.717, 1.165) is 10.0 Å². The van der Waals surface area contributed by atoms with Crippen LogP contribution in [0.4, 0.5) is 0 Å². The molecule has 0 aliphatic heterocycles. The molecule has 0 bridgehead atoms. The van der Waals surface area contributed by atoms with E-state index in [0.29, 0.717) is 12.8 Å². The van der Waals surface area contributed by atoms with E-state index in [-0.39, 0.29) is 6.10 Å². The van der Waals surface area contributed by atoms with Gasteiger partial charge in [0, 0.05) is 11.6 Å². The van der Waals surface area contributed by atoms with Crippen LogP contribution < -0.4 is 0 Å². The Hall–Kier alpha value is -0.870. The van der Waals surface area contributed by atoms with Crippen LogP contribution in [-0.2, 0) is 16.0 Å². The van der Waals surface area contributed by atoms with Gasteiger partial charge in [-0.2, -0.15) is 0 Å². The summed E-state index contributed by atoms with van der Waals surface area (Å²) in [5.74, 6) is -1.19. The van der Waals surface area contributed by atoms with Crippen molar-refractivity contribution in [2.45, 2.75) is 25.9 Å². The minimum atomic E-state index is -0.773. The number of carbonyl (C=O) groups is 1. The van der Waals surface area contributed by atoms with Gasteiger partial charge in [-0.3, -0.25) is 4.79 Å². The lowest BCUT2D eigenvalue weighted by Crippen LogP contribution is -2.22. The van der Waals surface area contributed by atoms with Gasteiger partial charge in [0.1, 0.15) is 0 Å². The second-order valence-corrected chi connectivity index (χ2v) is 4.97. The van der Waals surface area contributed by atoms with Crippen molar-refractivity contribution in [2.24, 2.45) is 5.92 Å². The van der Waals surface area contributed by atoms with Crippen LogP contribution in [-0.4, -0.2) is 24.3 Å². The molecule has 1 aromatic rings. The fraction of sp³-hybridized carbons (Fsp3) is 0.462. The van der Waals surface area contributed by atoms with E-state index in [4.69, 9.17) is 4.74 Å². The van der Waals surface area contributed by atoms with Crippen molar-refractivity contribution in [3.8, 4) is 0 Å². The third kappa shape index (κ3) is 4.48. The maximum Gasteiger partial charge on any atom is 0.306 e. The zero-order chi connectivity index (χ0) is 12.8. The van der Waals surface area contributed by atoms with Crippen LogP contribution in [0, 0.1) is 5.92 Å². The van der Waals surface area contributed by atoms with Crippen LogP contribution in [0.2, 0.25) is 0 Å². The van der Waals surface area contributed by atoms with Crippen molar-refractivity contribution >= 4 is 21.9 Å². The molecule has 0 saturated carbocycles. The molecular formula is C13H17BrO3. The summed E-state index contributed by atoms with van der Waals surface area (Å²) in [6.45, 7) is 1.88. The highest BCUT2D eigenvalue weighted by Crippen LogP contribution is 2.22. The Morgan fingerprint density at radius 2 is 2.12 bits per heavy atom. The summed E-state index contributed by atoms with van der Waals surface area (Å²) >= 11 is 3.43. The lowest BCUT2D eigenvalue weighted by molar-refractivity contribution is -0.142. The molecule has 2 atom stereocenters. The van der Waals surface area contributed by atoms with Crippen LogP contribution in [0.3, 0.4) is 0 Å². The standard InChI is InChI=1S/C13H17BrO3/c1-9(17-2)7-11(13(15)16)8-10-5-3-4-6-12(10)14/h3-6,9,11H,7-8H2,1-2H3,(H,15,16). The minimum absolute atomic E-state index is 0.0430. The third-order valence-electron chi connectivity index (χ3n) is 2.79. The van der Waals surface area contributed by atoms with Crippen molar-refractivity contribution in [1.82, 2.24) is 0 Å². The number of hydrogen-bond acceptors (Lipinski definition) is 2. The van der Waals surface area contributed by atoms with Gasteiger partial charge in [0.2, 0.25) is 0 Å². The first-order valence-corrected chi connectivity index (χ1v) is 6.33. The third-order valence-corrected chi connectivity index (χ3v) is 3.57. The van der Waals surface area contributed by atoms with Crippen LogP contribution in [0.25, 0.3) is 0 Å². The molecule has 0 aliphatic carbocycles. The molecular weight excluding hydrogens is 284 g/mol. The predicted octanol–water partition coefficient (Wildman–Crippen LogP) is 3.12. The second-order valence-electron chi connectivity index (χ2n) is 4.11. The Morgan fingerprint density at radius 1 is 1.47 bits per heavy atom. The molecule has 0 aliphatic rings. The van der Waals surface area contributed by atoms with Gasteiger partial charge in [0.25, 0.3) is 0 Å². The number of carboxylic acids is 1. The van der Waals surface area contributed by atoms with Crippen molar-refractivity contribution in [1.29, 1.82) is 0 Å². The van der Waals surface area contributed by atoms with Crippen LogP contribution in [0.15, 0.2) is 28.7 Å². The maximum atomic E-state index is 11.2. The smallest absolute Gasteiger partial charge is 0.306 e. The monoisotopic (exact) mass is 300 g/mol. The van der Waals surface area contributed by atoms with Gasteiger partial charge < -0.3 is 9.84 Å². The maximum absolute atomic E-state index is 11.2. The zero-order valence-electron chi connectivity index (χ0n) is 10.0. The number of hydrogen-bond donors (Lipinski definition) is 1. The quantitative estimate of drug-likeness (QED) is 0.878. The summed E-state index contributed by atoms with van der Waals surface area (Å²) in [5, 5.41) is 9.20. The van der Waals surface area contributed by atoms with E-state index < -0.39 is 11.9 Å². The Kier molecular flexibility index (Phi) is 5.65. The largest absolute Gasteiger partial charge is 0.481 e. The fourth-order valence-electron chi connectivity index (χ4n) is 1.70. The molecule has 1 aromatic carbocycles. The molecule has 1 rings (SSSR count). The topological polar surface area (TPSA) is 46.5 Å². The molecule has 4 heteroatoms. The number of methoxy groups -OCH3 is 1. The minimum Gasteiger partial charge on any atom is -0.481 e. The summed E-state index contributed by atoms with van der Waals surface area (Å²) in [4.78, 5) is 11.2. The van der Waals surface area contributed by atoms with Crippen molar-refractivity contribution < 1.29 is 14.6 Å². The first-order valence-electron chi connectivity index (χ1n) is 5.53. The molecule has 0 heterocycles. The van der Waals surface area contributed by atoms with Gasteiger partial charge in [-0.1, -0.05) is 34.1 Å². The Morgan fingerprint density at radius 3 is 2.65 bits per heavy atom. The summed E-state index contributed by atoms with van der Waals surface area (Å²) in [5.41, 5.74) is 1.02. The first kappa shape index (κ1) is 14.2. The van der Waals surface area contributed by atoms with E-state index >= 15 is 0 Å². The van der Waals surface area contributed by atoms with Gasteiger partial charge in [-0.25, -0.2) is 0 Å². The molecule has 94 valence electrons. The number of carboxylic acid groups (broad SMARTS) is 1. The molecule has 0 spiro atoms. The normalized spacial score (nSPS) is 14.3. The van der Waals surface area contributed by atoms with Crippen molar-refractivity contribution in [3.63, 3.8) is 0 Å². The Balaban J connectivity index is 2.74. The van der Waals surface area contributed by atoms with Gasteiger partial charge in [0.15, 0.2) is 0 Å². The van der Waals surface area contributed by atoms with Crippen LogP contribution >= 0.6 is 15.9 Å². The number of benzene rings is 1. The van der Waals surface area contributed by atoms with E-state index in [9.17, 15) is 9.90 Å². The highest BCUT2D eigenvalue weighted by Gasteiger charge is 2.21. The molecule has 17 heavy (non-hydrogen) atoms. The van der Waals surface area contributed by atoms with E-state index in [1.165, 1.54) is 0 Å². The highest BCUT2D eigenvalue weighted by molar-refractivity contribution is 9.10. The Labute approximate surface area is 110 Å². The van der Waals surface area contributed by atoms with Crippen LogP contribution in [0.5, 0.6) is 0 Å². The Bertz CT molecular complexity index is 379. The summed E-state index contributed by atoms with van der Waals surface area (Å²) in [6.07, 6.45) is 0.996. The second kappa shape index (κ2) is 6.77. The number of ether oxygens (including phenoxy) is 1. The lowest BCUT2D eigenvalue weighted by atomic mass is 9.94. The average Bonchev–Trinajstić information content (AvgIpc) is 2.30. The highest BCUT2D eigenvalue weighted by atomic mass is 79.9. The van der Waals surface area contributed by atoms with E-state index in [1.807, 2.05) is 31.2 Å². The number of aliphatic carboxylic acids is 1. The fourth-order valence-corrected chi connectivity index (χ4v) is 2.14.